The standard InChI is InChI=1S/C28H38N2O4/c1-6-29(7-2)25(31)21-13-15-23(16-14-21)28(33,22-11-9-8-10-12-22)24-17-19-30(20-18-24)26(32)34-27(3,4)5/h8-16,24,33H,6-7,17-20H2,1-5H3. The lowest BCUT2D eigenvalue weighted by Gasteiger charge is -2.42. The predicted molar refractivity (Wildman–Crippen MR) is 134 cm³/mol. The number of carbonyl (C=O) groups is 2. The van der Waals surface area contributed by atoms with Gasteiger partial charge in [-0.25, -0.2) is 4.79 Å². The summed E-state index contributed by atoms with van der Waals surface area (Å²) in [6.45, 7) is 11.9. The second kappa shape index (κ2) is 10.6. The minimum absolute atomic E-state index is 0.00882. The Bertz CT molecular complexity index is 956. The van der Waals surface area contributed by atoms with Gasteiger partial charge in [-0.3, -0.25) is 4.79 Å². The molecule has 2 amide bonds. The van der Waals surface area contributed by atoms with Crippen molar-refractivity contribution in [3.8, 4) is 0 Å². The zero-order valence-corrected chi connectivity index (χ0v) is 21.1. The summed E-state index contributed by atoms with van der Waals surface area (Å²) < 4.78 is 5.53. The zero-order valence-electron chi connectivity index (χ0n) is 21.1. The zero-order chi connectivity index (χ0) is 24.9. The first kappa shape index (κ1) is 25.8. The molecule has 0 aliphatic carbocycles. The Balaban J connectivity index is 1.86. The first-order valence-electron chi connectivity index (χ1n) is 12.3. The molecule has 1 aliphatic rings. The van der Waals surface area contributed by atoms with Crippen LogP contribution in [0.25, 0.3) is 0 Å². The molecular weight excluding hydrogens is 428 g/mol. The van der Waals surface area contributed by atoms with E-state index in [1.165, 1.54) is 0 Å². The largest absolute Gasteiger partial charge is 0.444 e. The molecule has 34 heavy (non-hydrogen) atoms. The van der Waals surface area contributed by atoms with Crippen LogP contribution in [0.3, 0.4) is 0 Å². The normalized spacial score (nSPS) is 16.6. The van der Waals surface area contributed by atoms with E-state index < -0.39 is 11.2 Å². The molecule has 1 unspecified atom stereocenters. The van der Waals surface area contributed by atoms with E-state index in [0.717, 1.165) is 11.1 Å². The highest BCUT2D eigenvalue weighted by Crippen LogP contribution is 2.42. The fourth-order valence-electron chi connectivity index (χ4n) is 4.70. The van der Waals surface area contributed by atoms with E-state index in [-0.39, 0.29) is 17.9 Å². The Hall–Kier alpha value is -2.86. The van der Waals surface area contributed by atoms with Crippen LogP contribution in [-0.2, 0) is 10.3 Å². The molecule has 1 aliphatic heterocycles. The third-order valence-corrected chi connectivity index (χ3v) is 6.57. The van der Waals surface area contributed by atoms with Crippen LogP contribution in [0.1, 0.15) is 68.9 Å². The summed E-state index contributed by atoms with van der Waals surface area (Å²) in [5.74, 6) is -0.0941. The van der Waals surface area contributed by atoms with Crippen LogP contribution in [0.15, 0.2) is 54.6 Å². The van der Waals surface area contributed by atoms with Crippen LogP contribution in [0, 0.1) is 5.92 Å². The number of aliphatic hydroxyl groups is 1. The molecule has 6 nitrogen and oxygen atoms in total. The van der Waals surface area contributed by atoms with Crippen molar-refractivity contribution in [2.45, 2.75) is 58.7 Å². The number of hydrogen-bond donors (Lipinski definition) is 1. The van der Waals surface area contributed by atoms with Crippen LogP contribution in [-0.4, -0.2) is 58.7 Å². The molecule has 0 saturated carbocycles. The molecule has 1 saturated heterocycles. The molecule has 0 aromatic heterocycles. The molecule has 0 radical (unpaired) electrons. The van der Waals surface area contributed by atoms with Crippen LogP contribution in [0.2, 0.25) is 0 Å². The summed E-state index contributed by atoms with van der Waals surface area (Å²) in [6, 6.07) is 17.0. The van der Waals surface area contributed by atoms with Gasteiger partial charge >= 0.3 is 6.09 Å². The van der Waals surface area contributed by atoms with Gasteiger partial charge in [-0.2, -0.15) is 0 Å². The molecule has 2 aromatic rings. The fourth-order valence-corrected chi connectivity index (χ4v) is 4.70. The minimum atomic E-state index is -1.22. The Labute approximate surface area is 203 Å². The van der Waals surface area contributed by atoms with Gasteiger partial charge in [-0.05, 0) is 76.6 Å². The lowest BCUT2D eigenvalue weighted by Crippen LogP contribution is -2.47. The van der Waals surface area contributed by atoms with Gasteiger partial charge in [-0.15, -0.1) is 0 Å². The molecule has 6 heteroatoms. The van der Waals surface area contributed by atoms with Crippen molar-refractivity contribution >= 4 is 12.0 Å². The number of carbonyl (C=O) groups excluding carboxylic acids is 2. The lowest BCUT2D eigenvalue weighted by atomic mass is 9.72. The number of benzene rings is 2. The lowest BCUT2D eigenvalue weighted by molar-refractivity contribution is -0.0237. The number of hydrogen-bond acceptors (Lipinski definition) is 4. The van der Waals surface area contributed by atoms with E-state index in [2.05, 4.69) is 0 Å². The average Bonchev–Trinajstić information content (AvgIpc) is 2.84. The first-order chi connectivity index (χ1) is 16.1. The van der Waals surface area contributed by atoms with Crippen LogP contribution < -0.4 is 0 Å². The molecule has 2 aromatic carbocycles. The Morgan fingerprint density at radius 2 is 1.47 bits per heavy atom. The van der Waals surface area contributed by atoms with Crippen molar-refractivity contribution in [3.05, 3.63) is 71.3 Å². The predicted octanol–water partition coefficient (Wildman–Crippen LogP) is 5.05. The van der Waals surface area contributed by atoms with E-state index in [1.807, 2.05) is 77.1 Å². The molecule has 0 spiro atoms. The van der Waals surface area contributed by atoms with Gasteiger partial charge in [0.2, 0.25) is 0 Å². The summed E-state index contributed by atoms with van der Waals surface area (Å²) in [6.07, 6.45) is 0.976. The Kier molecular flexibility index (Phi) is 8.03. The number of piperidine rings is 1. The average molecular weight is 467 g/mol. The number of rotatable bonds is 6. The van der Waals surface area contributed by atoms with Crippen molar-refractivity contribution in [2.75, 3.05) is 26.2 Å². The third-order valence-electron chi connectivity index (χ3n) is 6.57. The SMILES string of the molecule is CCN(CC)C(=O)c1ccc(C(O)(c2ccccc2)C2CCN(C(=O)OC(C)(C)C)CC2)cc1. The maximum absolute atomic E-state index is 12.8. The maximum Gasteiger partial charge on any atom is 0.410 e. The van der Waals surface area contributed by atoms with Gasteiger partial charge in [0, 0.05) is 31.7 Å². The summed E-state index contributed by atoms with van der Waals surface area (Å²) in [7, 11) is 0. The monoisotopic (exact) mass is 466 g/mol. The minimum Gasteiger partial charge on any atom is -0.444 e. The summed E-state index contributed by atoms with van der Waals surface area (Å²) in [5.41, 5.74) is 0.419. The second-order valence-corrected chi connectivity index (χ2v) is 9.93. The molecule has 0 bridgehead atoms. The quantitative estimate of drug-likeness (QED) is 0.647. The third kappa shape index (κ3) is 5.61. The summed E-state index contributed by atoms with van der Waals surface area (Å²) in [5, 5.41) is 12.2. The molecule has 3 rings (SSSR count). The molecule has 1 heterocycles. The van der Waals surface area contributed by atoms with Gasteiger partial charge in [0.25, 0.3) is 5.91 Å². The van der Waals surface area contributed by atoms with E-state index in [0.29, 0.717) is 44.6 Å². The first-order valence-corrected chi connectivity index (χ1v) is 12.3. The highest BCUT2D eigenvalue weighted by molar-refractivity contribution is 5.94. The van der Waals surface area contributed by atoms with Crippen molar-refractivity contribution in [1.82, 2.24) is 9.80 Å². The smallest absolute Gasteiger partial charge is 0.410 e. The molecule has 1 atom stereocenters. The topological polar surface area (TPSA) is 70.1 Å². The Morgan fingerprint density at radius 1 is 0.941 bits per heavy atom. The van der Waals surface area contributed by atoms with Crippen molar-refractivity contribution in [1.29, 1.82) is 0 Å². The molecular formula is C28H38N2O4. The molecule has 184 valence electrons. The Morgan fingerprint density at radius 3 is 1.97 bits per heavy atom. The maximum atomic E-state index is 12.8. The van der Waals surface area contributed by atoms with E-state index in [4.69, 9.17) is 4.74 Å². The van der Waals surface area contributed by atoms with E-state index in [1.54, 1.807) is 21.9 Å². The van der Waals surface area contributed by atoms with E-state index in [9.17, 15) is 14.7 Å². The number of likely N-dealkylation sites (tertiary alicyclic amines) is 1. The van der Waals surface area contributed by atoms with Gasteiger partial charge in [-0.1, -0.05) is 42.5 Å². The second-order valence-electron chi connectivity index (χ2n) is 9.93. The highest BCUT2D eigenvalue weighted by atomic mass is 16.6. The van der Waals surface area contributed by atoms with Gasteiger partial charge in [0.15, 0.2) is 0 Å². The summed E-state index contributed by atoms with van der Waals surface area (Å²) in [4.78, 5) is 28.8. The van der Waals surface area contributed by atoms with Gasteiger partial charge in [0.1, 0.15) is 11.2 Å². The van der Waals surface area contributed by atoms with E-state index >= 15 is 0 Å². The number of amides is 2. The van der Waals surface area contributed by atoms with Crippen LogP contribution in [0.5, 0.6) is 0 Å². The van der Waals surface area contributed by atoms with Crippen molar-refractivity contribution in [2.24, 2.45) is 5.92 Å². The summed E-state index contributed by atoms with van der Waals surface area (Å²) >= 11 is 0. The van der Waals surface area contributed by atoms with Gasteiger partial charge < -0.3 is 19.6 Å². The van der Waals surface area contributed by atoms with Crippen molar-refractivity contribution < 1.29 is 19.4 Å². The van der Waals surface area contributed by atoms with Crippen LogP contribution in [0.4, 0.5) is 4.79 Å². The van der Waals surface area contributed by atoms with Crippen molar-refractivity contribution in [3.63, 3.8) is 0 Å². The number of nitrogens with zero attached hydrogens (tertiary/aromatic N) is 2. The fraction of sp³-hybridized carbons (Fsp3) is 0.500. The number of ether oxygens (including phenoxy) is 1. The molecule has 1 fully saturated rings. The van der Waals surface area contributed by atoms with Gasteiger partial charge in [0.05, 0.1) is 0 Å². The highest BCUT2D eigenvalue weighted by Gasteiger charge is 2.42. The molecule has 1 N–H and O–H groups in total. The van der Waals surface area contributed by atoms with Crippen LogP contribution >= 0.6 is 0 Å².